The van der Waals surface area contributed by atoms with Crippen LogP contribution in [0, 0.1) is 0 Å². The van der Waals surface area contributed by atoms with E-state index in [1.54, 1.807) is 6.08 Å². The van der Waals surface area contributed by atoms with Crippen LogP contribution in [-0.2, 0) is 14.3 Å². The number of aliphatic hydroxyl groups is 2. The number of aliphatic hydroxyl groups excluding tert-OH is 2. The normalized spacial score (nSPS) is 12.6. The molecule has 0 spiro atoms. The Kier molecular flexibility index (Phi) is 51.0. The summed E-state index contributed by atoms with van der Waals surface area (Å²) in [6, 6.07) is -0.637. The maximum absolute atomic E-state index is 12.5. The third-order valence-electron chi connectivity index (χ3n) is 13.1. The highest BCUT2D eigenvalue weighted by atomic mass is 16.5. The fourth-order valence-electron chi connectivity index (χ4n) is 8.75. The van der Waals surface area contributed by atoms with Gasteiger partial charge in [-0.1, -0.05) is 276 Å². The number of carbonyl (C=O) groups is 2. The Morgan fingerprint density at radius 2 is 0.742 bits per heavy atom. The molecular formula is C56H109NO5. The topological polar surface area (TPSA) is 95.9 Å². The molecule has 0 aromatic carbocycles. The third-order valence-corrected chi connectivity index (χ3v) is 13.1. The summed E-state index contributed by atoms with van der Waals surface area (Å²) in [6.45, 7) is 4.89. The van der Waals surface area contributed by atoms with Crippen molar-refractivity contribution in [3.8, 4) is 0 Å². The number of ether oxygens (including phenoxy) is 1. The number of hydrogen-bond donors (Lipinski definition) is 3. The van der Waals surface area contributed by atoms with E-state index < -0.39 is 12.1 Å². The van der Waals surface area contributed by atoms with E-state index in [1.165, 1.54) is 225 Å². The Morgan fingerprint density at radius 1 is 0.435 bits per heavy atom. The number of unbranched alkanes of at least 4 members (excludes halogenated alkanes) is 41. The Balaban J connectivity index is 3.49. The van der Waals surface area contributed by atoms with Gasteiger partial charge < -0.3 is 20.3 Å². The summed E-state index contributed by atoms with van der Waals surface area (Å²) in [7, 11) is 0. The fraction of sp³-hybridized carbons (Fsp3) is 0.929. The first kappa shape index (κ1) is 60.6. The molecular weight excluding hydrogens is 767 g/mol. The second-order valence-corrected chi connectivity index (χ2v) is 19.3. The summed E-state index contributed by atoms with van der Waals surface area (Å²) < 4.78 is 5.45. The highest BCUT2D eigenvalue weighted by Crippen LogP contribution is 2.17. The summed E-state index contributed by atoms with van der Waals surface area (Å²) in [5.41, 5.74) is 0. The number of allylic oxidation sites excluding steroid dienone is 1. The smallest absolute Gasteiger partial charge is 0.305 e. The summed E-state index contributed by atoms with van der Waals surface area (Å²) in [6.07, 6.45) is 60.8. The van der Waals surface area contributed by atoms with Gasteiger partial charge in [0.15, 0.2) is 0 Å². The Bertz CT molecular complexity index is 924. The number of amides is 1. The quantitative estimate of drug-likeness (QED) is 0.0321. The van der Waals surface area contributed by atoms with Gasteiger partial charge in [0.1, 0.15) is 0 Å². The molecule has 62 heavy (non-hydrogen) atoms. The minimum atomic E-state index is -0.852. The van der Waals surface area contributed by atoms with Crippen molar-refractivity contribution in [3.63, 3.8) is 0 Å². The predicted molar refractivity (Wildman–Crippen MR) is 269 cm³/mol. The first-order valence-corrected chi connectivity index (χ1v) is 28.0. The van der Waals surface area contributed by atoms with Crippen molar-refractivity contribution in [2.75, 3.05) is 13.2 Å². The molecule has 0 heterocycles. The zero-order chi connectivity index (χ0) is 45.1. The van der Waals surface area contributed by atoms with Crippen LogP contribution in [0.1, 0.15) is 309 Å². The molecule has 0 radical (unpaired) electrons. The molecule has 0 aliphatic heterocycles. The first-order chi connectivity index (χ1) is 30.5. The van der Waals surface area contributed by atoms with E-state index in [0.717, 1.165) is 57.8 Å². The number of carbonyl (C=O) groups excluding carboxylic acids is 2. The second-order valence-electron chi connectivity index (χ2n) is 19.3. The van der Waals surface area contributed by atoms with Crippen LogP contribution in [-0.4, -0.2) is 47.4 Å². The molecule has 3 N–H and O–H groups in total. The van der Waals surface area contributed by atoms with E-state index in [2.05, 4.69) is 19.2 Å². The second kappa shape index (κ2) is 52.2. The van der Waals surface area contributed by atoms with Gasteiger partial charge in [-0.25, -0.2) is 0 Å². The van der Waals surface area contributed by atoms with Gasteiger partial charge in [-0.2, -0.15) is 0 Å². The van der Waals surface area contributed by atoms with Crippen molar-refractivity contribution in [2.24, 2.45) is 0 Å². The molecule has 0 bridgehead atoms. The van der Waals surface area contributed by atoms with E-state index in [1.807, 2.05) is 6.08 Å². The monoisotopic (exact) mass is 876 g/mol. The molecule has 0 aromatic rings. The van der Waals surface area contributed by atoms with E-state index in [0.29, 0.717) is 19.4 Å². The van der Waals surface area contributed by atoms with Crippen molar-refractivity contribution in [3.05, 3.63) is 12.2 Å². The molecule has 0 fully saturated rings. The summed E-state index contributed by atoms with van der Waals surface area (Å²) in [4.78, 5) is 24.5. The van der Waals surface area contributed by atoms with Crippen molar-refractivity contribution < 1.29 is 24.5 Å². The van der Waals surface area contributed by atoms with Crippen molar-refractivity contribution >= 4 is 11.9 Å². The highest BCUT2D eigenvalue weighted by Gasteiger charge is 2.18. The minimum absolute atomic E-state index is 0.00650. The SMILES string of the molecule is CCCCCCCCCCCCCCCCCCCCC/C=C/C(O)C(CO)NC(=O)CCCCCCCCCCCCCCCOC(=O)CCCCCCCCCCCCC. The first-order valence-electron chi connectivity index (χ1n) is 28.0. The number of hydrogen-bond acceptors (Lipinski definition) is 5. The number of rotatable bonds is 52. The van der Waals surface area contributed by atoms with Crippen LogP contribution in [0.3, 0.4) is 0 Å². The molecule has 2 unspecified atom stereocenters. The Labute approximate surface area is 387 Å². The van der Waals surface area contributed by atoms with Crippen molar-refractivity contribution in [2.45, 2.75) is 321 Å². The molecule has 368 valence electrons. The molecule has 0 aliphatic carbocycles. The lowest BCUT2D eigenvalue weighted by molar-refractivity contribution is -0.143. The Morgan fingerprint density at radius 3 is 1.10 bits per heavy atom. The molecule has 2 atom stereocenters. The van der Waals surface area contributed by atoms with Crippen LogP contribution < -0.4 is 5.32 Å². The van der Waals surface area contributed by atoms with E-state index in [-0.39, 0.29) is 18.5 Å². The average Bonchev–Trinajstić information content (AvgIpc) is 3.27. The fourth-order valence-corrected chi connectivity index (χ4v) is 8.75. The standard InChI is InChI=1S/C56H109NO5/c1-3-5-7-9-11-13-15-16-17-18-19-20-21-22-23-25-29-32-36-40-44-48-54(59)53(52-58)57-55(60)49-45-41-37-33-30-26-24-27-31-35-39-43-47-51-62-56(61)50-46-42-38-34-28-14-12-10-8-6-4-2/h44,48,53-54,58-59H,3-43,45-47,49-52H2,1-2H3,(H,57,60)/b48-44+. The lowest BCUT2D eigenvalue weighted by Gasteiger charge is -2.20. The maximum Gasteiger partial charge on any atom is 0.305 e. The van der Waals surface area contributed by atoms with Crippen LogP contribution in [0.25, 0.3) is 0 Å². The molecule has 0 saturated heterocycles. The van der Waals surface area contributed by atoms with Crippen molar-refractivity contribution in [1.82, 2.24) is 5.32 Å². The van der Waals surface area contributed by atoms with Gasteiger partial charge in [-0.15, -0.1) is 0 Å². The number of nitrogens with one attached hydrogen (secondary N) is 1. The molecule has 0 rings (SSSR count). The highest BCUT2D eigenvalue weighted by molar-refractivity contribution is 5.76. The van der Waals surface area contributed by atoms with Crippen LogP contribution >= 0.6 is 0 Å². The van der Waals surface area contributed by atoms with E-state index >= 15 is 0 Å². The van der Waals surface area contributed by atoms with Crippen LogP contribution in [0.15, 0.2) is 12.2 Å². The molecule has 6 heteroatoms. The summed E-state index contributed by atoms with van der Waals surface area (Å²) in [5.74, 6) is -0.0842. The minimum Gasteiger partial charge on any atom is -0.466 e. The third kappa shape index (κ3) is 48.1. The van der Waals surface area contributed by atoms with Gasteiger partial charge in [0.25, 0.3) is 0 Å². The zero-order valence-corrected chi connectivity index (χ0v) is 41.9. The lowest BCUT2D eigenvalue weighted by Crippen LogP contribution is -2.45. The molecule has 0 saturated carbocycles. The lowest BCUT2D eigenvalue weighted by atomic mass is 10.0. The molecule has 6 nitrogen and oxygen atoms in total. The van der Waals surface area contributed by atoms with Gasteiger partial charge in [0.2, 0.25) is 5.91 Å². The van der Waals surface area contributed by atoms with Gasteiger partial charge in [0, 0.05) is 12.8 Å². The molecule has 1 amide bonds. The van der Waals surface area contributed by atoms with Crippen molar-refractivity contribution in [1.29, 1.82) is 0 Å². The Hall–Kier alpha value is -1.40. The maximum atomic E-state index is 12.5. The largest absolute Gasteiger partial charge is 0.466 e. The average molecular weight is 876 g/mol. The van der Waals surface area contributed by atoms with Crippen LogP contribution in [0.4, 0.5) is 0 Å². The predicted octanol–water partition coefficient (Wildman–Crippen LogP) is 16.9. The van der Waals surface area contributed by atoms with Gasteiger partial charge in [0.05, 0.1) is 25.4 Å². The van der Waals surface area contributed by atoms with Crippen LogP contribution in [0.2, 0.25) is 0 Å². The van der Waals surface area contributed by atoms with Gasteiger partial charge in [-0.05, 0) is 32.1 Å². The molecule has 0 aromatic heterocycles. The zero-order valence-electron chi connectivity index (χ0n) is 41.9. The molecule has 0 aliphatic rings. The van der Waals surface area contributed by atoms with E-state index in [4.69, 9.17) is 4.74 Å². The summed E-state index contributed by atoms with van der Waals surface area (Å²) in [5, 5.41) is 23.1. The summed E-state index contributed by atoms with van der Waals surface area (Å²) >= 11 is 0. The van der Waals surface area contributed by atoms with Gasteiger partial charge >= 0.3 is 5.97 Å². The van der Waals surface area contributed by atoms with Gasteiger partial charge in [-0.3, -0.25) is 9.59 Å². The van der Waals surface area contributed by atoms with E-state index in [9.17, 15) is 19.8 Å². The number of esters is 1. The van der Waals surface area contributed by atoms with Crippen LogP contribution in [0.5, 0.6) is 0 Å².